The standard InChI is InChI=1S/C16H21N5O/c22-16(12-21-14-17-13-18-21)20-10-8-19(9-11-20)7-6-15-4-2-1-3-5-15/h1-5,13-14H,6-12H2. The third-order valence-corrected chi connectivity index (χ3v) is 4.05. The Morgan fingerprint density at radius 3 is 2.55 bits per heavy atom. The van der Waals surface area contributed by atoms with Gasteiger partial charge in [0.1, 0.15) is 19.2 Å². The molecular weight excluding hydrogens is 278 g/mol. The molecular formula is C16H21N5O. The first-order chi connectivity index (χ1) is 10.8. The van der Waals surface area contributed by atoms with Crippen molar-refractivity contribution < 1.29 is 4.79 Å². The zero-order valence-corrected chi connectivity index (χ0v) is 12.6. The molecule has 1 amide bonds. The maximum atomic E-state index is 12.2. The fraction of sp³-hybridized carbons (Fsp3) is 0.438. The second kappa shape index (κ2) is 7.17. The number of aromatic nitrogens is 3. The van der Waals surface area contributed by atoms with E-state index in [9.17, 15) is 4.79 Å². The molecule has 3 rings (SSSR count). The van der Waals surface area contributed by atoms with Gasteiger partial charge in [-0.3, -0.25) is 9.69 Å². The highest BCUT2D eigenvalue weighted by atomic mass is 16.2. The molecule has 116 valence electrons. The van der Waals surface area contributed by atoms with Crippen molar-refractivity contribution in [2.75, 3.05) is 32.7 Å². The molecule has 0 N–H and O–H groups in total. The quantitative estimate of drug-likeness (QED) is 0.814. The summed E-state index contributed by atoms with van der Waals surface area (Å²) in [7, 11) is 0. The summed E-state index contributed by atoms with van der Waals surface area (Å²) >= 11 is 0. The highest BCUT2D eigenvalue weighted by Gasteiger charge is 2.21. The van der Waals surface area contributed by atoms with Gasteiger partial charge in [-0.2, -0.15) is 5.10 Å². The van der Waals surface area contributed by atoms with E-state index in [-0.39, 0.29) is 12.5 Å². The molecule has 1 aliphatic rings. The molecule has 0 saturated carbocycles. The van der Waals surface area contributed by atoms with Crippen LogP contribution in [0.15, 0.2) is 43.0 Å². The smallest absolute Gasteiger partial charge is 0.244 e. The number of rotatable bonds is 5. The van der Waals surface area contributed by atoms with Crippen molar-refractivity contribution in [3.05, 3.63) is 48.5 Å². The zero-order chi connectivity index (χ0) is 15.2. The Bertz CT molecular complexity index is 576. The summed E-state index contributed by atoms with van der Waals surface area (Å²) in [5, 5.41) is 3.98. The molecule has 1 aliphatic heterocycles. The van der Waals surface area contributed by atoms with Crippen molar-refractivity contribution in [2.45, 2.75) is 13.0 Å². The van der Waals surface area contributed by atoms with Crippen LogP contribution in [0.1, 0.15) is 5.56 Å². The molecule has 2 heterocycles. The number of amides is 1. The summed E-state index contributed by atoms with van der Waals surface area (Å²) < 4.78 is 1.57. The Labute approximate surface area is 130 Å². The first-order valence-electron chi connectivity index (χ1n) is 7.68. The number of carbonyl (C=O) groups excluding carboxylic acids is 1. The largest absolute Gasteiger partial charge is 0.339 e. The fourth-order valence-electron chi connectivity index (χ4n) is 2.71. The van der Waals surface area contributed by atoms with E-state index in [1.807, 2.05) is 11.0 Å². The predicted octanol–water partition coefficient (Wildman–Crippen LogP) is 0.665. The number of nitrogens with zero attached hydrogens (tertiary/aromatic N) is 5. The van der Waals surface area contributed by atoms with Gasteiger partial charge in [0, 0.05) is 32.7 Å². The molecule has 0 bridgehead atoms. The first-order valence-corrected chi connectivity index (χ1v) is 7.68. The molecule has 2 aromatic rings. The molecule has 0 atom stereocenters. The van der Waals surface area contributed by atoms with Crippen molar-refractivity contribution in [1.82, 2.24) is 24.6 Å². The molecule has 1 saturated heterocycles. The third kappa shape index (κ3) is 3.92. The van der Waals surface area contributed by atoms with Crippen LogP contribution in [0, 0.1) is 0 Å². The topological polar surface area (TPSA) is 54.3 Å². The van der Waals surface area contributed by atoms with Gasteiger partial charge in [-0.1, -0.05) is 30.3 Å². The minimum absolute atomic E-state index is 0.119. The van der Waals surface area contributed by atoms with Crippen molar-refractivity contribution in [1.29, 1.82) is 0 Å². The highest BCUT2D eigenvalue weighted by molar-refractivity contribution is 5.76. The maximum absolute atomic E-state index is 12.2. The summed E-state index contributed by atoms with van der Waals surface area (Å²) in [5.41, 5.74) is 1.37. The van der Waals surface area contributed by atoms with Gasteiger partial charge in [0.15, 0.2) is 0 Å². The predicted molar refractivity (Wildman–Crippen MR) is 83.2 cm³/mol. The summed E-state index contributed by atoms with van der Waals surface area (Å²) in [6.45, 7) is 4.80. The van der Waals surface area contributed by atoms with E-state index >= 15 is 0 Å². The number of hydrogen-bond donors (Lipinski definition) is 0. The molecule has 6 heteroatoms. The lowest BCUT2D eigenvalue weighted by Crippen LogP contribution is -2.49. The van der Waals surface area contributed by atoms with Crippen LogP contribution in [0.2, 0.25) is 0 Å². The second-order valence-corrected chi connectivity index (χ2v) is 5.55. The van der Waals surface area contributed by atoms with Crippen LogP contribution in [0.3, 0.4) is 0 Å². The van der Waals surface area contributed by atoms with E-state index in [1.165, 1.54) is 11.9 Å². The number of piperazine rings is 1. The molecule has 1 fully saturated rings. The zero-order valence-electron chi connectivity index (χ0n) is 12.6. The summed E-state index contributed by atoms with van der Waals surface area (Å²) in [6.07, 6.45) is 4.09. The SMILES string of the molecule is O=C(Cn1cncn1)N1CCN(CCc2ccccc2)CC1. The minimum atomic E-state index is 0.119. The lowest BCUT2D eigenvalue weighted by Gasteiger charge is -2.34. The summed E-state index contributed by atoms with van der Waals surface area (Å²) in [4.78, 5) is 20.4. The second-order valence-electron chi connectivity index (χ2n) is 5.55. The molecule has 0 aliphatic carbocycles. The van der Waals surface area contributed by atoms with E-state index in [1.54, 1.807) is 11.0 Å². The van der Waals surface area contributed by atoms with Crippen LogP contribution in [0.5, 0.6) is 0 Å². The monoisotopic (exact) mass is 299 g/mol. The van der Waals surface area contributed by atoms with Crippen molar-refractivity contribution >= 4 is 5.91 Å². The Kier molecular flexibility index (Phi) is 4.80. The maximum Gasteiger partial charge on any atom is 0.244 e. The van der Waals surface area contributed by atoms with Gasteiger partial charge in [0.2, 0.25) is 5.91 Å². The number of hydrogen-bond acceptors (Lipinski definition) is 4. The van der Waals surface area contributed by atoms with Crippen LogP contribution >= 0.6 is 0 Å². The van der Waals surface area contributed by atoms with E-state index in [2.05, 4.69) is 39.2 Å². The number of benzene rings is 1. The van der Waals surface area contributed by atoms with Gasteiger partial charge in [-0.25, -0.2) is 9.67 Å². The van der Waals surface area contributed by atoms with Gasteiger partial charge in [-0.15, -0.1) is 0 Å². The van der Waals surface area contributed by atoms with Crippen LogP contribution in [-0.4, -0.2) is 63.2 Å². The van der Waals surface area contributed by atoms with E-state index in [4.69, 9.17) is 0 Å². The average Bonchev–Trinajstić information content (AvgIpc) is 3.07. The van der Waals surface area contributed by atoms with Crippen LogP contribution in [-0.2, 0) is 17.8 Å². The summed E-state index contributed by atoms with van der Waals surface area (Å²) in [6, 6.07) is 10.5. The van der Waals surface area contributed by atoms with Crippen molar-refractivity contribution in [3.63, 3.8) is 0 Å². The van der Waals surface area contributed by atoms with Crippen LogP contribution < -0.4 is 0 Å². The normalized spacial score (nSPS) is 15.9. The van der Waals surface area contributed by atoms with Gasteiger partial charge in [-0.05, 0) is 12.0 Å². The lowest BCUT2D eigenvalue weighted by atomic mass is 10.1. The van der Waals surface area contributed by atoms with Gasteiger partial charge in [0.25, 0.3) is 0 Å². The minimum Gasteiger partial charge on any atom is -0.339 e. The Morgan fingerprint density at radius 1 is 1.09 bits per heavy atom. The van der Waals surface area contributed by atoms with E-state index < -0.39 is 0 Å². The first kappa shape index (κ1) is 14.7. The van der Waals surface area contributed by atoms with Gasteiger partial charge >= 0.3 is 0 Å². The van der Waals surface area contributed by atoms with Crippen LogP contribution in [0.4, 0.5) is 0 Å². The van der Waals surface area contributed by atoms with E-state index in [0.29, 0.717) is 0 Å². The van der Waals surface area contributed by atoms with Crippen molar-refractivity contribution in [2.24, 2.45) is 0 Å². The Morgan fingerprint density at radius 2 is 1.86 bits per heavy atom. The lowest BCUT2D eigenvalue weighted by molar-refractivity contribution is -0.133. The fourth-order valence-corrected chi connectivity index (χ4v) is 2.71. The molecule has 0 unspecified atom stereocenters. The molecule has 1 aromatic carbocycles. The molecule has 1 aromatic heterocycles. The van der Waals surface area contributed by atoms with Gasteiger partial charge < -0.3 is 4.90 Å². The average molecular weight is 299 g/mol. The van der Waals surface area contributed by atoms with Crippen LogP contribution in [0.25, 0.3) is 0 Å². The Hall–Kier alpha value is -2.21. The number of carbonyl (C=O) groups is 1. The molecule has 6 nitrogen and oxygen atoms in total. The van der Waals surface area contributed by atoms with E-state index in [0.717, 1.165) is 39.1 Å². The molecule has 0 spiro atoms. The molecule has 22 heavy (non-hydrogen) atoms. The van der Waals surface area contributed by atoms with Crippen molar-refractivity contribution in [3.8, 4) is 0 Å². The molecule has 0 radical (unpaired) electrons. The van der Waals surface area contributed by atoms with Gasteiger partial charge in [0.05, 0.1) is 0 Å². The summed E-state index contributed by atoms with van der Waals surface area (Å²) in [5.74, 6) is 0.119. The highest BCUT2D eigenvalue weighted by Crippen LogP contribution is 2.06. The third-order valence-electron chi connectivity index (χ3n) is 4.05. The Balaban J connectivity index is 1.41.